The van der Waals surface area contributed by atoms with Gasteiger partial charge in [-0.05, 0) is 12.8 Å². The third-order valence-electron chi connectivity index (χ3n) is 1.57. The zero-order chi connectivity index (χ0) is 8.27. The van der Waals surface area contributed by atoms with Crippen LogP contribution in [0.3, 0.4) is 0 Å². The van der Waals surface area contributed by atoms with Gasteiger partial charge in [0.2, 0.25) is 5.91 Å². The Balaban J connectivity index is 2.61. The Hall–Kier alpha value is -1.12. The van der Waals surface area contributed by atoms with Crippen LogP contribution in [0, 0.1) is 0 Å². The molecule has 1 N–H and O–H groups in total. The zero-order valence-corrected chi connectivity index (χ0v) is 6.52. The summed E-state index contributed by atoms with van der Waals surface area (Å²) in [5.74, 6) is -0.127. The highest BCUT2D eigenvalue weighted by molar-refractivity contribution is 5.99. The van der Waals surface area contributed by atoms with Gasteiger partial charge in [-0.15, -0.1) is 0 Å². The van der Waals surface area contributed by atoms with Gasteiger partial charge in [0.05, 0.1) is 5.70 Å². The molecule has 0 spiro atoms. The average Bonchev–Trinajstić information content (AvgIpc) is 1.93. The molecule has 3 heteroatoms. The number of Topliss-reactive ketones (excluding diaryl/α,β-unsaturated/α-hetero) is 1. The third kappa shape index (κ3) is 2.18. The van der Waals surface area contributed by atoms with Crippen molar-refractivity contribution >= 4 is 11.7 Å². The molecule has 0 unspecified atom stereocenters. The summed E-state index contributed by atoms with van der Waals surface area (Å²) in [6.45, 7) is 1.41. The Labute approximate surface area is 65.5 Å². The normalized spacial score (nSPS) is 17.5. The molecule has 0 aromatic rings. The Bertz CT molecular complexity index is 218. The number of hydrogen-bond donors (Lipinski definition) is 1. The second kappa shape index (κ2) is 3.32. The minimum absolute atomic E-state index is 0.0476. The summed E-state index contributed by atoms with van der Waals surface area (Å²) in [5.41, 5.74) is 0.476. The molecule has 1 aliphatic carbocycles. The maximum absolute atomic E-state index is 11.0. The van der Waals surface area contributed by atoms with Crippen molar-refractivity contribution in [3.05, 3.63) is 11.8 Å². The molecule has 3 nitrogen and oxygen atoms in total. The summed E-state index contributed by atoms with van der Waals surface area (Å²) in [5, 5.41) is 2.50. The highest BCUT2D eigenvalue weighted by Gasteiger charge is 2.13. The van der Waals surface area contributed by atoms with Crippen molar-refractivity contribution in [3.8, 4) is 0 Å². The van der Waals surface area contributed by atoms with E-state index in [0.717, 1.165) is 12.8 Å². The van der Waals surface area contributed by atoms with E-state index in [4.69, 9.17) is 0 Å². The van der Waals surface area contributed by atoms with E-state index < -0.39 is 0 Å². The molecule has 0 aromatic carbocycles. The number of rotatable bonds is 1. The van der Waals surface area contributed by atoms with Gasteiger partial charge < -0.3 is 5.32 Å². The van der Waals surface area contributed by atoms with Gasteiger partial charge in [-0.3, -0.25) is 9.59 Å². The first-order valence-corrected chi connectivity index (χ1v) is 3.71. The largest absolute Gasteiger partial charge is 0.324 e. The number of allylic oxidation sites excluding steroid dienone is 2. The molecule has 1 amide bonds. The number of amides is 1. The molecule has 11 heavy (non-hydrogen) atoms. The minimum atomic E-state index is -0.175. The van der Waals surface area contributed by atoms with Crippen LogP contribution in [-0.4, -0.2) is 11.7 Å². The lowest BCUT2D eigenvalue weighted by molar-refractivity contribution is -0.121. The summed E-state index contributed by atoms with van der Waals surface area (Å²) in [4.78, 5) is 21.6. The van der Waals surface area contributed by atoms with Crippen molar-refractivity contribution in [2.45, 2.75) is 26.2 Å². The van der Waals surface area contributed by atoms with Crippen molar-refractivity contribution in [2.75, 3.05) is 0 Å². The number of carbonyl (C=O) groups is 2. The highest BCUT2D eigenvalue weighted by Crippen LogP contribution is 2.11. The fourth-order valence-corrected chi connectivity index (χ4v) is 1.07. The summed E-state index contributed by atoms with van der Waals surface area (Å²) in [6, 6.07) is 0. The van der Waals surface area contributed by atoms with Crippen LogP contribution in [0.5, 0.6) is 0 Å². The van der Waals surface area contributed by atoms with E-state index in [1.807, 2.05) is 0 Å². The predicted molar refractivity (Wildman–Crippen MR) is 40.8 cm³/mol. The van der Waals surface area contributed by atoms with E-state index >= 15 is 0 Å². The number of ketones is 1. The topological polar surface area (TPSA) is 46.2 Å². The molecule has 0 aromatic heterocycles. The Morgan fingerprint density at radius 3 is 2.91 bits per heavy atom. The van der Waals surface area contributed by atoms with Gasteiger partial charge in [0.15, 0.2) is 5.78 Å². The van der Waals surface area contributed by atoms with Gasteiger partial charge in [-0.1, -0.05) is 6.08 Å². The second-order valence-corrected chi connectivity index (χ2v) is 2.61. The summed E-state index contributed by atoms with van der Waals surface area (Å²) < 4.78 is 0. The maximum Gasteiger partial charge on any atom is 0.221 e. The Morgan fingerprint density at radius 2 is 2.36 bits per heavy atom. The molecular formula is C8H11NO2. The highest BCUT2D eigenvalue weighted by atomic mass is 16.2. The second-order valence-electron chi connectivity index (χ2n) is 2.61. The van der Waals surface area contributed by atoms with Gasteiger partial charge >= 0.3 is 0 Å². The third-order valence-corrected chi connectivity index (χ3v) is 1.57. The molecule has 0 heterocycles. The SMILES string of the molecule is CC(=O)NC1=CCCCC1=O. The lowest BCUT2D eigenvalue weighted by atomic mass is 10.0. The van der Waals surface area contributed by atoms with E-state index in [1.54, 1.807) is 6.08 Å². The van der Waals surface area contributed by atoms with E-state index in [0.29, 0.717) is 12.1 Å². The van der Waals surface area contributed by atoms with E-state index in [2.05, 4.69) is 5.32 Å². The lowest BCUT2D eigenvalue weighted by Crippen LogP contribution is -2.26. The van der Waals surface area contributed by atoms with Crippen molar-refractivity contribution in [3.63, 3.8) is 0 Å². The smallest absolute Gasteiger partial charge is 0.221 e. The van der Waals surface area contributed by atoms with Gasteiger partial charge in [-0.2, -0.15) is 0 Å². The number of nitrogens with one attached hydrogen (secondary N) is 1. The quantitative estimate of drug-likeness (QED) is 0.604. The summed E-state index contributed by atoms with van der Waals surface area (Å²) >= 11 is 0. The van der Waals surface area contributed by atoms with Crippen molar-refractivity contribution in [1.29, 1.82) is 0 Å². The summed E-state index contributed by atoms with van der Waals surface area (Å²) in [6.07, 6.45) is 4.14. The van der Waals surface area contributed by atoms with E-state index in [1.165, 1.54) is 6.92 Å². The van der Waals surface area contributed by atoms with Crippen LogP contribution in [0.4, 0.5) is 0 Å². The number of carbonyl (C=O) groups excluding carboxylic acids is 2. The molecule has 0 radical (unpaired) electrons. The molecule has 0 bridgehead atoms. The van der Waals surface area contributed by atoms with Crippen LogP contribution < -0.4 is 5.32 Å². The van der Waals surface area contributed by atoms with Gasteiger partial charge in [0.25, 0.3) is 0 Å². The minimum Gasteiger partial charge on any atom is -0.324 e. The van der Waals surface area contributed by atoms with Crippen molar-refractivity contribution < 1.29 is 9.59 Å². The lowest BCUT2D eigenvalue weighted by Gasteiger charge is -2.10. The van der Waals surface area contributed by atoms with Crippen LogP contribution in [0.2, 0.25) is 0 Å². The molecule has 1 rings (SSSR count). The van der Waals surface area contributed by atoms with Crippen molar-refractivity contribution in [2.24, 2.45) is 0 Å². The van der Waals surface area contributed by atoms with Crippen LogP contribution in [0.25, 0.3) is 0 Å². The monoisotopic (exact) mass is 153 g/mol. The van der Waals surface area contributed by atoms with E-state index in [-0.39, 0.29) is 11.7 Å². The first kappa shape index (κ1) is 7.98. The van der Waals surface area contributed by atoms with Crippen LogP contribution in [-0.2, 0) is 9.59 Å². The zero-order valence-electron chi connectivity index (χ0n) is 6.52. The molecule has 1 aliphatic rings. The van der Waals surface area contributed by atoms with Gasteiger partial charge in [0.1, 0.15) is 0 Å². The molecule has 0 saturated carbocycles. The maximum atomic E-state index is 11.0. The molecule has 0 aliphatic heterocycles. The predicted octanol–water partition coefficient (Wildman–Crippen LogP) is 0.759. The molecule has 0 saturated heterocycles. The number of hydrogen-bond acceptors (Lipinski definition) is 2. The van der Waals surface area contributed by atoms with Gasteiger partial charge in [0, 0.05) is 13.3 Å². The van der Waals surface area contributed by atoms with Gasteiger partial charge in [-0.25, -0.2) is 0 Å². The van der Waals surface area contributed by atoms with Crippen LogP contribution in [0.15, 0.2) is 11.8 Å². The first-order valence-electron chi connectivity index (χ1n) is 3.71. The molecular weight excluding hydrogens is 142 g/mol. The summed E-state index contributed by atoms with van der Waals surface area (Å²) in [7, 11) is 0. The molecule has 0 atom stereocenters. The Morgan fingerprint density at radius 1 is 1.64 bits per heavy atom. The van der Waals surface area contributed by atoms with Crippen molar-refractivity contribution in [1.82, 2.24) is 5.32 Å². The first-order chi connectivity index (χ1) is 5.20. The standard InChI is InChI=1S/C8H11NO2/c1-6(10)9-7-4-2-3-5-8(7)11/h4H,2-3,5H2,1H3,(H,9,10). The fraction of sp³-hybridized carbons (Fsp3) is 0.500. The fourth-order valence-electron chi connectivity index (χ4n) is 1.07. The Kier molecular flexibility index (Phi) is 2.41. The van der Waals surface area contributed by atoms with Crippen LogP contribution >= 0.6 is 0 Å². The molecule has 0 fully saturated rings. The van der Waals surface area contributed by atoms with E-state index in [9.17, 15) is 9.59 Å². The molecule has 60 valence electrons. The van der Waals surface area contributed by atoms with Crippen LogP contribution in [0.1, 0.15) is 26.2 Å². The average molecular weight is 153 g/mol.